The molecule has 1 fully saturated rings. The van der Waals surface area contributed by atoms with Crippen LogP contribution in [0, 0.1) is 0 Å². The van der Waals surface area contributed by atoms with Crippen molar-refractivity contribution >= 4 is 0 Å². The summed E-state index contributed by atoms with van der Waals surface area (Å²) in [7, 11) is 4.42. The van der Waals surface area contributed by atoms with Crippen LogP contribution in [0.4, 0.5) is 0 Å². The van der Waals surface area contributed by atoms with Crippen LogP contribution in [-0.4, -0.2) is 61.2 Å². The van der Waals surface area contributed by atoms with Crippen molar-refractivity contribution in [2.45, 2.75) is 19.4 Å². The summed E-state index contributed by atoms with van der Waals surface area (Å²) in [6, 6.07) is 11.3. The smallest absolute Gasteiger partial charge is 0.0261 e. The molecule has 1 aliphatic rings. The maximum absolute atomic E-state index is 2.48. The minimum absolute atomic E-state index is 0.552. The summed E-state index contributed by atoms with van der Waals surface area (Å²) in [6.07, 6.45) is 1.11. The summed E-state index contributed by atoms with van der Waals surface area (Å²) in [5, 5.41) is 4.90. The van der Waals surface area contributed by atoms with Crippen molar-refractivity contribution in [2.75, 3.05) is 40.3 Å². The van der Waals surface area contributed by atoms with Crippen LogP contribution in [0.15, 0.2) is 30.3 Å². The zero-order valence-electron chi connectivity index (χ0n) is 11.8. The molecule has 0 saturated carbocycles. The van der Waals surface area contributed by atoms with E-state index in [4.69, 9.17) is 0 Å². The standard InChI is InChI=1S/C15H25N3/c1-14(13-15-7-5-4-6-8-15)17(3)18-11-9-16(2)10-12-18/h4-8,14H,9-13H2,1-3H3/t14-/m0/s1. The summed E-state index contributed by atoms with van der Waals surface area (Å²) in [4.78, 5) is 2.40. The number of nitrogens with zero attached hydrogens (tertiary/aromatic N) is 3. The van der Waals surface area contributed by atoms with Crippen LogP contribution in [0.25, 0.3) is 0 Å². The highest BCUT2D eigenvalue weighted by Crippen LogP contribution is 2.11. The van der Waals surface area contributed by atoms with Crippen LogP contribution >= 0.6 is 0 Å². The van der Waals surface area contributed by atoms with E-state index in [2.05, 4.69) is 66.3 Å². The highest BCUT2D eigenvalue weighted by Gasteiger charge is 2.21. The summed E-state index contributed by atoms with van der Waals surface area (Å²) >= 11 is 0. The molecule has 0 amide bonds. The van der Waals surface area contributed by atoms with Gasteiger partial charge in [0.2, 0.25) is 0 Å². The Kier molecular flexibility index (Phi) is 4.75. The quantitative estimate of drug-likeness (QED) is 0.802. The maximum Gasteiger partial charge on any atom is 0.0261 e. The number of piperazine rings is 1. The van der Waals surface area contributed by atoms with Gasteiger partial charge < -0.3 is 4.90 Å². The van der Waals surface area contributed by atoms with E-state index in [1.54, 1.807) is 0 Å². The van der Waals surface area contributed by atoms with Crippen LogP contribution in [0.2, 0.25) is 0 Å². The maximum atomic E-state index is 2.48. The first kappa shape index (κ1) is 13.5. The fourth-order valence-electron chi connectivity index (χ4n) is 2.48. The zero-order chi connectivity index (χ0) is 13.0. The lowest BCUT2D eigenvalue weighted by molar-refractivity contribution is -0.0585. The molecule has 2 rings (SSSR count). The Morgan fingerprint density at radius 1 is 1.11 bits per heavy atom. The second-order valence-electron chi connectivity index (χ2n) is 5.37. The van der Waals surface area contributed by atoms with Crippen molar-refractivity contribution in [3.05, 3.63) is 35.9 Å². The predicted octanol–water partition coefficient (Wildman–Crippen LogP) is 1.71. The first-order chi connectivity index (χ1) is 8.66. The molecule has 0 spiro atoms. The van der Waals surface area contributed by atoms with Crippen molar-refractivity contribution in [1.82, 2.24) is 14.9 Å². The Labute approximate surface area is 111 Å². The fraction of sp³-hybridized carbons (Fsp3) is 0.600. The normalized spacial score (nSPS) is 20.2. The molecule has 0 aromatic heterocycles. The van der Waals surface area contributed by atoms with Gasteiger partial charge in [-0.1, -0.05) is 30.3 Å². The van der Waals surface area contributed by atoms with Gasteiger partial charge in [0, 0.05) is 39.3 Å². The zero-order valence-corrected chi connectivity index (χ0v) is 11.8. The summed E-state index contributed by atoms with van der Waals surface area (Å²) < 4.78 is 0. The lowest BCUT2D eigenvalue weighted by Gasteiger charge is -2.41. The van der Waals surface area contributed by atoms with Crippen molar-refractivity contribution in [3.63, 3.8) is 0 Å². The third-order valence-corrected chi connectivity index (χ3v) is 3.94. The minimum Gasteiger partial charge on any atom is -0.304 e. The Balaban J connectivity index is 1.86. The van der Waals surface area contributed by atoms with E-state index in [0.717, 1.165) is 19.5 Å². The first-order valence-corrected chi connectivity index (χ1v) is 6.87. The van der Waals surface area contributed by atoms with Gasteiger partial charge in [0.05, 0.1) is 0 Å². The van der Waals surface area contributed by atoms with Gasteiger partial charge >= 0.3 is 0 Å². The van der Waals surface area contributed by atoms with E-state index in [0.29, 0.717) is 6.04 Å². The first-order valence-electron chi connectivity index (χ1n) is 6.87. The molecule has 3 nitrogen and oxygen atoms in total. The SMILES string of the molecule is C[C@@H](Cc1ccccc1)N(C)N1CCN(C)CC1. The van der Waals surface area contributed by atoms with Crippen molar-refractivity contribution in [1.29, 1.82) is 0 Å². The average molecular weight is 247 g/mol. The summed E-state index contributed by atoms with van der Waals surface area (Å²) in [5.74, 6) is 0. The number of hydrogen-bond donors (Lipinski definition) is 0. The molecule has 1 atom stereocenters. The predicted molar refractivity (Wildman–Crippen MR) is 76.4 cm³/mol. The van der Waals surface area contributed by atoms with Crippen molar-refractivity contribution in [2.24, 2.45) is 0 Å². The van der Waals surface area contributed by atoms with Gasteiger partial charge in [-0.3, -0.25) is 0 Å². The lowest BCUT2D eigenvalue weighted by atomic mass is 10.1. The molecule has 18 heavy (non-hydrogen) atoms. The Morgan fingerprint density at radius 2 is 1.72 bits per heavy atom. The molecule has 0 radical (unpaired) electrons. The van der Waals surface area contributed by atoms with E-state index in [1.165, 1.54) is 18.7 Å². The molecule has 1 aromatic rings. The number of likely N-dealkylation sites (N-methyl/N-ethyl adjacent to an activating group) is 2. The number of hydrogen-bond acceptors (Lipinski definition) is 3. The molecule has 0 unspecified atom stereocenters. The van der Waals surface area contributed by atoms with Gasteiger partial charge in [0.1, 0.15) is 0 Å². The van der Waals surface area contributed by atoms with Crippen molar-refractivity contribution < 1.29 is 0 Å². The van der Waals surface area contributed by atoms with Crippen LogP contribution in [0.5, 0.6) is 0 Å². The molecule has 3 heteroatoms. The van der Waals surface area contributed by atoms with E-state index in [9.17, 15) is 0 Å². The van der Waals surface area contributed by atoms with Crippen LogP contribution in [-0.2, 0) is 6.42 Å². The lowest BCUT2D eigenvalue weighted by Crippen LogP contribution is -2.54. The number of hydrazine groups is 1. The molecule has 0 bridgehead atoms. The second kappa shape index (κ2) is 6.32. The number of benzene rings is 1. The third-order valence-electron chi connectivity index (χ3n) is 3.94. The Morgan fingerprint density at radius 3 is 2.33 bits per heavy atom. The van der Waals surface area contributed by atoms with E-state index in [-0.39, 0.29) is 0 Å². The summed E-state index contributed by atoms with van der Waals surface area (Å²) in [6.45, 7) is 6.94. The van der Waals surface area contributed by atoms with Crippen LogP contribution < -0.4 is 0 Å². The second-order valence-corrected chi connectivity index (χ2v) is 5.37. The molecule has 1 saturated heterocycles. The molecular weight excluding hydrogens is 222 g/mol. The monoisotopic (exact) mass is 247 g/mol. The van der Waals surface area contributed by atoms with E-state index in [1.807, 2.05) is 0 Å². The topological polar surface area (TPSA) is 9.72 Å². The average Bonchev–Trinajstić information content (AvgIpc) is 2.40. The number of rotatable bonds is 4. The minimum atomic E-state index is 0.552. The van der Waals surface area contributed by atoms with Gasteiger partial charge in [-0.05, 0) is 26.0 Å². The van der Waals surface area contributed by atoms with Crippen LogP contribution in [0.3, 0.4) is 0 Å². The van der Waals surface area contributed by atoms with E-state index >= 15 is 0 Å². The highest BCUT2D eigenvalue weighted by molar-refractivity contribution is 5.15. The largest absolute Gasteiger partial charge is 0.304 e. The van der Waals surface area contributed by atoms with Gasteiger partial charge in [0.15, 0.2) is 0 Å². The molecule has 1 aliphatic heterocycles. The van der Waals surface area contributed by atoms with Gasteiger partial charge in [-0.25, -0.2) is 10.0 Å². The van der Waals surface area contributed by atoms with Crippen LogP contribution in [0.1, 0.15) is 12.5 Å². The molecule has 1 heterocycles. The molecular formula is C15H25N3. The van der Waals surface area contributed by atoms with E-state index < -0.39 is 0 Å². The molecule has 0 aliphatic carbocycles. The van der Waals surface area contributed by atoms with Crippen molar-refractivity contribution in [3.8, 4) is 0 Å². The fourth-order valence-corrected chi connectivity index (χ4v) is 2.48. The highest BCUT2D eigenvalue weighted by atomic mass is 15.6. The molecule has 0 N–H and O–H groups in total. The van der Waals surface area contributed by atoms with Gasteiger partial charge in [-0.2, -0.15) is 0 Å². The third kappa shape index (κ3) is 3.55. The molecule has 1 aromatic carbocycles. The molecule has 100 valence electrons. The van der Waals surface area contributed by atoms with Gasteiger partial charge in [-0.15, -0.1) is 0 Å². The Bertz CT molecular complexity index is 344. The summed E-state index contributed by atoms with van der Waals surface area (Å²) in [5.41, 5.74) is 1.42. The Hall–Kier alpha value is -0.900. The van der Waals surface area contributed by atoms with Gasteiger partial charge in [0.25, 0.3) is 0 Å².